The van der Waals surface area contributed by atoms with Crippen LogP contribution in [-0.4, -0.2) is 15.7 Å². The maximum atomic E-state index is 12.1. The number of nitrogens with one attached hydrogen (secondary N) is 1. The first-order valence-electron chi connectivity index (χ1n) is 9.28. The molecule has 1 heterocycles. The third kappa shape index (κ3) is 5.39. The van der Waals surface area contributed by atoms with Gasteiger partial charge in [-0.05, 0) is 48.7 Å². The highest BCUT2D eigenvalue weighted by molar-refractivity contribution is 9.10. The van der Waals surface area contributed by atoms with Gasteiger partial charge in [0.1, 0.15) is 0 Å². The number of nitrogens with zero attached hydrogens (tertiary/aromatic N) is 2. The van der Waals surface area contributed by atoms with Crippen molar-refractivity contribution < 1.29 is 4.79 Å². The predicted octanol–water partition coefficient (Wildman–Crippen LogP) is 4.65. The van der Waals surface area contributed by atoms with E-state index in [2.05, 4.69) is 33.3 Å². The summed E-state index contributed by atoms with van der Waals surface area (Å²) in [5.41, 5.74) is 3.51. The Hall–Kier alpha value is -2.73. The van der Waals surface area contributed by atoms with E-state index >= 15 is 0 Å². The largest absolute Gasteiger partial charge is 0.326 e. The van der Waals surface area contributed by atoms with Gasteiger partial charge in [0.05, 0.1) is 5.69 Å². The summed E-state index contributed by atoms with van der Waals surface area (Å²) in [5, 5.41) is 7.31. The highest BCUT2D eigenvalue weighted by Gasteiger charge is 2.06. The number of amides is 1. The van der Waals surface area contributed by atoms with Crippen molar-refractivity contribution in [2.75, 3.05) is 5.32 Å². The van der Waals surface area contributed by atoms with E-state index in [4.69, 9.17) is 0 Å². The molecule has 3 rings (SSSR count). The number of benzene rings is 2. The number of carbonyl (C=O) groups excluding carboxylic acids is 1. The summed E-state index contributed by atoms with van der Waals surface area (Å²) in [5.74, 6) is -0.0682. The molecule has 0 fully saturated rings. The Bertz CT molecular complexity index is 996. The van der Waals surface area contributed by atoms with Crippen molar-refractivity contribution in [1.82, 2.24) is 9.78 Å². The van der Waals surface area contributed by atoms with E-state index < -0.39 is 0 Å². The topological polar surface area (TPSA) is 64.0 Å². The third-order valence-electron chi connectivity index (χ3n) is 4.43. The second kappa shape index (κ2) is 9.46. The van der Waals surface area contributed by atoms with Crippen molar-refractivity contribution in [2.45, 2.75) is 32.7 Å². The molecule has 28 heavy (non-hydrogen) atoms. The first kappa shape index (κ1) is 20.0. The van der Waals surface area contributed by atoms with Crippen molar-refractivity contribution in [2.24, 2.45) is 0 Å². The summed E-state index contributed by atoms with van der Waals surface area (Å²) in [6.07, 6.45) is 1.83. The average molecular weight is 440 g/mol. The van der Waals surface area contributed by atoms with Crippen LogP contribution in [0.2, 0.25) is 0 Å². The Morgan fingerprint density at radius 1 is 1.04 bits per heavy atom. The van der Waals surface area contributed by atoms with Gasteiger partial charge in [0.25, 0.3) is 5.56 Å². The molecule has 0 bridgehead atoms. The van der Waals surface area contributed by atoms with Gasteiger partial charge in [-0.25, -0.2) is 4.68 Å². The van der Waals surface area contributed by atoms with Gasteiger partial charge < -0.3 is 5.32 Å². The first-order valence-corrected chi connectivity index (χ1v) is 10.1. The van der Waals surface area contributed by atoms with E-state index in [9.17, 15) is 9.59 Å². The van der Waals surface area contributed by atoms with E-state index in [-0.39, 0.29) is 11.5 Å². The van der Waals surface area contributed by atoms with Crippen molar-refractivity contribution in [3.05, 3.63) is 81.1 Å². The van der Waals surface area contributed by atoms with Crippen molar-refractivity contribution >= 4 is 27.5 Å². The summed E-state index contributed by atoms with van der Waals surface area (Å²) < 4.78 is 2.40. The number of halogens is 1. The van der Waals surface area contributed by atoms with Crippen LogP contribution in [0.1, 0.15) is 25.3 Å². The van der Waals surface area contributed by atoms with Gasteiger partial charge in [0, 0.05) is 34.8 Å². The number of hydrogen-bond acceptors (Lipinski definition) is 3. The van der Waals surface area contributed by atoms with Crippen LogP contribution < -0.4 is 10.9 Å². The van der Waals surface area contributed by atoms with Crippen LogP contribution in [0.25, 0.3) is 11.3 Å². The maximum absolute atomic E-state index is 12.1. The summed E-state index contributed by atoms with van der Waals surface area (Å²) in [4.78, 5) is 24.2. The smallest absolute Gasteiger partial charge is 0.266 e. The number of aromatic nitrogens is 2. The molecule has 0 saturated heterocycles. The van der Waals surface area contributed by atoms with Crippen LogP contribution in [-0.2, 0) is 17.8 Å². The maximum Gasteiger partial charge on any atom is 0.266 e. The van der Waals surface area contributed by atoms with Gasteiger partial charge in [-0.15, -0.1) is 0 Å². The molecule has 1 amide bonds. The van der Waals surface area contributed by atoms with Gasteiger partial charge in [-0.2, -0.15) is 5.10 Å². The first-order chi connectivity index (χ1) is 13.5. The number of anilines is 1. The Labute approximate surface area is 172 Å². The minimum atomic E-state index is -0.170. The zero-order valence-corrected chi connectivity index (χ0v) is 17.3. The van der Waals surface area contributed by atoms with Crippen molar-refractivity contribution in [1.29, 1.82) is 0 Å². The molecule has 0 spiro atoms. The predicted molar refractivity (Wildman–Crippen MR) is 115 cm³/mol. The quantitative estimate of drug-likeness (QED) is 0.582. The fourth-order valence-corrected chi connectivity index (χ4v) is 3.08. The van der Waals surface area contributed by atoms with Crippen molar-refractivity contribution in [3.63, 3.8) is 0 Å². The molecule has 0 atom stereocenters. The second-order valence-electron chi connectivity index (χ2n) is 6.49. The fraction of sp³-hybridized carbons (Fsp3) is 0.227. The zero-order chi connectivity index (χ0) is 19.9. The molecule has 0 saturated carbocycles. The molecule has 2 aromatic carbocycles. The van der Waals surface area contributed by atoms with Crippen LogP contribution in [0.4, 0.5) is 5.69 Å². The number of carbonyl (C=O) groups is 1. The van der Waals surface area contributed by atoms with Crippen LogP contribution in [0.5, 0.6) is 0 Å². The SMILES string of the molecule is CCc1ccc(NC(=O)CCCn2nc(-c3ccc(Br)cc3)ccc2=O)cc1. The second-order valence-corrected chi connectivity index (χ2v) is 7.40. The number of aryl methyl sites for hydroxylation is 2. The lowest BCUT2D eigenvalue weighted by Gasteiger charge is -2.08. The average Bonchev–Trinajstić information content (AvgIpc) is 2.70. The fourth-order valence-electron chi connectivity index (χ4n) is 2.82. The molecule has 1 aromatic heterocycles. The molecule has 1 N–H and O–H groups in total. The van der Waals surface area contributed by atoms with E-state index in [0.717, 1.165) is 27.8 Å². The lowest BCUT2D eigenvalue weighted by atomic mass is 10.1. The van der Waals surface area contributed by atoms with Crippen LogP contribution in [0.3, 0.4) is 0 Å². The molecule has 6 heteroatoms. The highest BCUT2D eigenvalue weighted by Crippen LogP contribution is 2.18. The number of rotatable bonds is 7. The molecule has 0 aliphatic heterocycles. The van der Waals surface area contributed by atoms with Gasteiger partial charge in [0.15, 0.2) is 0 Å². The Balaban J connectivity index is 1.57. The summed E-state index contributed by atoms with van der Waals surface area (Å²) in [6.45, 7) is 2.49. The molecule has 0 unspecified atom stereocenters. The summed E-state index contributed by atoms with van der Waals surface area (Å²) in [7, 11) is 0. The van der Waals surface area contributed by atoms with Crippen molar-refractivity contribution in [3.8, 4) is 11.3 Å². The van der Waals surface area contributed by atoms with Crippen LogP contribution >= 0.6 is 15.9 Å². The Morgan fingerprint density at radius 3 is 2.43 bits per heavy atom. The Kier molecular flexibility index (Phi) is 6.76. The summed E-state index contributed by atoms with van der Waals surface area (Å²) >= 11 is 3.41. The van der Waals surface area contributed by atoms with Gasteiger partial charge in [0.2, 0.25) is 5.91 Å². The molecule has 144 valence electrons. The standard InChI is InChI=1S/C22H22BrN3O2/c1-2-16-5-11-19(12-6-16)24-21(27)4-3-15-26-22(28)14-13-20(25-26)17-7-9-18(23)10-8-17/h5-14H,2-4,15H2,1H3,(H,24,27). The van der Waals surface area contributed by atoms with Crippen LogP contribution in [0.15, 0.2) is 69.9 Å². The Morgan fingerprint density at radius 2 is 1.75 bits per heavy atom. The van der Waals surface area contributed by atoms with Gasteiger partial charge in [-0.1, -0.05) is 47.1 Å². The minimum absolute atomic E-state index is 0.0682. The van der Waals surface area contributed by atoms with E-state index in [1.165, 1.54) is 16.3 Å². The normalized spacial score (nSPS) is 10.6. The molecule has 0 aliphatic rings. The highest BCUT2D eigenvalue weighted by atomic mass is 79.9. The molecule has 5 nitrogen and oxygen atoms in total. The molecule has 3 aromatic rings. The zero-order valence-electron chi connectivity index (χ0n) is 15.7. The van der Waals surface area contributed by atoms with E-state index in [1.807, 2.05) is 48.5 Å². The van der Waals surface area contributed by atoms with Crippen LogP contribution in [0, 0.1) is 0 Å². The summed E-state index contributed by atoms with van der Waals surface area (Å²) in [6, 6.07) is 18.8. The minimum Gasteiger partial charge on any atom is -0.326 e. The number of hydrogen-bond donors (Lipinski definition) is 1. The van der Waals surface area contributed by atoms with E-state index in [0.29, 0.717) is 19.4 Å². The van der Waals surface area contributed by atoms with Gasteiger partial charge >= 0.3 is 0 Å². The monoisotopic (exact) mass is 439 g/mol. The molecule has 0 radical (unpaired) electrons. The lowest BCUT2D eigenvalue weighted by Crippen LogP contribution is -2.23. The lowest BCUT2D eigenvalue weighted by molar-refractivity contribution is -0.116. The van der Waals surface area contributed by atoms with Gasteiger partial charge in [-0.3, -0.25) is 9.59 Å². The third-order valence-corrected chi connectivity index (χ3v) is 4.95. The molecular formula is C22H22BrN3O2. The molecule has 0 aliphatic carbocycles. The molecular weight excluding hydrogens is 418 g/mol. The van der Waals surface area contributed by atoms with E-state index in [1.54, 1.807) is 6.07 Å².